The van der Waals surface area contributed by atoms with E-state index in [1.807, 2.05) is 24.4 Å². The molecule has 2 fully saturated rings. The maximum absolute atomic E-state index is 12.0. The average molecular weight is 326 g/mol. The van der Waals surface area contributed by atoms with Crippen molar-refractivity contribution in [2.75, 3.05) is 13.1 Å². The normalized spacial score (nSPS) is 21.6. The van der Waals surface area contributed by atoms with Crippen LogP contribution in [0.1, 0.15) is 53.5 Å². The van der Waals surface area contributed by atoms with Gasteiger partial charge in [-0.25, -0.2) is 0 Å². The molecule has 6 heteroatoms. The smallest absolute Gasteiger partial charge is 0.290 e. The molecule has 1 saturated carbocycles. The van der Waals surface area contributed by atoms with E-state index in [-0.39, 0.29) is 5.91 Å². The largest absolute Gasteiger partial charge is 0.351 e. The first-order chi connectivity index (χ1) is 11.8. The van der Waals surface area contributed by atoms with E-state index in [0.29, 0.717) is 17.7 Å². The first-order valence-electron chi connectivity index (χ1n) is 8.67. The topological polar surface area (TPSA) is 71.3 Å². The molecule has 6 nitrogen and oxygen atoms in total. The Morgan fingerprint density at radius 3 is 3.04 bits per heavy atom. The minimum Gasteiger partial charge on any atom is -0.351 e. The molecule has 0 bridgehead atoms. The molecular weight excluding hydrogens is 304 g/mol. The van der Waals surface area contributed by atoms with Crippen molar-refractivity contribution in [1.29, 1.82) is 0 Å². The fourth-order valence-electron chi connectivity index (χ4n) is 3.23. The summed E-state index contributed by atoms with van der Waals surface area (Å²) in [6.07, 6.45) is 6.16. The van der Waals surface area contributed by atoms with Crippen LogP contribution in [0.3, 0.4) is 0 Å². The first kappa shape index (κ1) is 15.3. The Balaban J connectivity index is 1.38. The molecule has 1 amide bonds. The highest BCUT2D eigenvalue weighted by molar-refractivity contribution is 5.91. The number of carbonyl (C=O) groups excluding carboxylic acids is 1. The Kier molecular flexibility index (Phi) is 4.30. The van der Waals surface area contributed by atoms with Gasteiger partial charge >= 0.3 is 0 Å². The standard InChI is InChI=1S/C18H22N4O2/c23-18(20-14-6-7-14)17-10-16(21-24-17)13-4-3-9-22(11-13)12-15-5-1-2-8-19-15/h1-2,5,8,10,13-14H,3-4,6-7,9,11-12H2,(H,20,23)/t13-/m0/s1. The second kappa shape index (κ2) is 6.73. The zero-order valence-electron chi connectivity index (χ0n) is 13.6. The van der Waals surface area contributed by atoms with Gasteiger partial charge in [0.2, 0.25) is 5.76 Å². The fraction of sp³-hybridized carbons (Fsp3) is 0.500. The van der Waals surface area contributed by atoms with Gasteiger partial charge in [-0.1, -0.05) is 11.2 Å². The molecular formula is C18H22N4O2. The lowest BCUT2D eigenvalue weighted by molar-refractivity contribution is 0.0914. The summed E-state index contributed by atoms with van der Waals surface area (Å²) in [7, 11) is 0. The van der Waals surface area contributed by atoms with Gasteiger partial charge in [0.1, 0.15) is 0 Å². The van der Waals surface area contributed by atoms with Crippen LogP contribution in [-0.2, 0) is 6.54 Å². The zero-order valence-corrected chi connectivity index (χ0v) is 13.6. The Hall–Kier alpha value is -2.21. The summed E-state index contributed by atoms with van der Waals surface area (Å²) in [6, 6.07) is 8.15. The van der Waals surface area contributed by atoms with Gasteiger partial charge in [-0.05, 0) is 44.4 Å². The number of pyridine rings is 1. The van der Waals surface area contributed by atoms with Gasteiger partial charge in [0.25, 0.3) is 5.91 Å². The third-order valence-corrected chi connectivity index (χ3v) is 4.70. The predicted octanol–water partition coefficient (Wildman–Crippen LogP) is 2.34. The molecule has 2 aliphatic rings. The van der Waals surface area contributed by atoms with Crippen molar-refractivity contribution in [3.8, 4) is 0 Å². The number of amides is 1. The molecule has 24 heavy (non-hydrogen) atoms. The molecule has 4 rings (SSSR count). The van der Waals surface area contributed by atoms with Gasteiger partial charge in [-0.3, -0.25) is 14.7 Å². The van der Waals surface area contributed by atoms with Crippen molar-refractivity contribution in [3.05, 3.63) is 47.6 Å². The summed E-state index contributed by atoms with van der Waals surface area (Å²) in [5.41, 5.74) is 1.98. The zero-order chi connectivity index (χ0) is 16.4. The summed E-state index contributed by atoms with van der Waals surface area (Å²) < 4.78 is 5.27. The summed E-state index contributed by atoms with van der Waals surface area (Å²) >= 11 is 0. The van der Waals surface area contributed by atoms with Crippen LogP contribution in [0, 0.1) is 0 Å². The number of nitrogens with one attached hydrogen (secondary N) is 1. The third kappa shape index (κ3) is 3.64. The number of hydrogen-bond donors (Lipinski definition) is 1. The van der Waals surface area contributed by atoms with Crippen molar-refractivity contribution in [2.24, 2.45) is 0 Å². The Labute approximate surface area is 141 Å². The molecule has 2 aromatic heterocycles. The van der Waals surface area contributed by atoms with Gasteiger partial charge in [0.15, 0.2) is 0 Å². The Morgan fingerprint density at radius 1 is 1.33 bits per heavy atom. The van der Waals surface area contributed by atoms with Gasteiger partial charge < -0.3 is 9.84 Å². The molecule has 2 aromatic rings. The van der Waals surface area contributed by atoms with Crippen LogP contribution in [0.2, 0.25) is 0 Å². The molecule has 126 valence electrons. The van der Waals surface area contributed by atoms with Crippen LogP contribution in [0.4, 0.5) is 0 Å². The van der Waals surface area contributed by atoms with Crippen molar-refractivity contribution in [2.45, 2.75) is 44.2 Å². The lowest BCUT2D eigenvalue weighted by Gasteiger charge is -2.31. The quantitative estimate of drug-likeness (QED) is 0.913. The van der Waals surface area contributed by atoms with E-state index in [4.69, 9.17) is 4.52 Å². The number of likely N-dealkylation sites (tertiary alicyclic amines) is 1. The summed E-state index contributed by atoms with van der Waals surface area (Å²) in [5.74, 6) is 0.504. The van der Waals surface area contributed by atoms with Crippen LogP contribution in [0.25, 0.3) is 0 Å². The minimum absolute atomic E-state index is 0.141. The second-order valence-electron chi connectivity index (χ2n) is 6.76. The summed E-state index contributed by atoms with van der Waals surface area (Å²) in [5, 5.41) is 7.09. The van der Waals surface area contributed by atoms with E-state index in [1.165, 1.54) is 0 Å². The van der Waals surface area contributed by atoms with Crippen LogP contribution in [-0.4, -0.2) is 40.1 Å². The molecule has 3 heterocycles. The van der Waals surface area contributed by atoms with E-state index >= 15 is 0 Å². The van der Waals surface area contributed by atoms with Gasteiger partial charge in [-0.15, -0.1) is 0 Å². The highest BCUT2D eigenvalue weighted by Gasteiger charge is 2.28. The summed E-state index contributed by atoms with van der Waals surface area (Å²) in [4.78, 5) is 18.8. The second-order valence-corrected chi connectivity index (χ2v) is 6.76. The number of piperidine rings is 1. The predicted molar refractivity (Wildman–Crippen MR) is 88.5 cm³/mol. The maximum atomic E-state index is 12.0. The van der Waals surface area contributed by atoms with E-state index in [2.05, 4.69) is 26.4 Å². The molecule has 1 aliphatic carbocycles. The molecule has 1 saturated heterocycles. The number of carbonyl (C=O) groups is 1. The lowest BCUT2D eigenvalue weighted by atomic mass is 9.94. The lowest BCUT2D eigenvalue weighted by Crippen LogP contribution is -2.34. The highest BCUT2D eigenvalue weighted by atomic mass is 16.5. The van der Waals surface area contributed by atoms with Gasteiger partial charge in [0.05, 0.1) is 11.4 Å². The van der Waals surface area contributed by atoms with Crippen molar-refractivity contribution in [3.63, 3.8) is 0 Å². The monoisotopic (exact) mass is 326 g/mol. The third-order valence-electron chi connectivity index (χ3n) is 4.70. The van der Waals surface area contributed by atoms with Crippen molar-refractivity contribution in [1.82, 2.24) is 20.4 Å². The molecule has 0 radical (unpaired) electrons. The van der Waals surface area contributed by atoms with Crippen LogP contribution in [0.5, 0.6) is 0 Å². The first-order valence-corrected chi connectivity index (χ1v) is 8.67. The van der Waals surface area contributed by atoms with E-state index in [1.54, 1.807) is 0 Å². The van der Waals surface area contributed by atoms with Crippen LogP contribution >= 0.6 is 0 Å². The fourth-order valence-corrected chi connectivity index (χ4v) is 3.23. The maximum Gasteiger partial charge on any atom is 0.290 e. The van der Waals surface area contributed by atoms with Crippen molar-refractivity contribution >= 4 is 5.91 Å². The molecule has 0 unspecified atom stereocenters. The van der Waals surface area contributed by atoms with E-state index in [0.717, 1.165) is 56.7 Å². The average Bonchev–Trinajstić information content (AvgIpc) is 3.27. The molecule has 1 atom stereocenters. The molecule has 1 N–H and O–H groups in total. The SMILES string of the molecule is O=C(NC1CC1)c1cc([C@H]2CCCN(Cc3ccccn3)C2)no1. The number of rotatable bonds is 5. The Morgan fingerprint density at radius 2 is 2.25 bits per heavy atom. The van der Waals surface area contributed by atoms with Gasteiger partial charge in [-0.2, -0.15) is 0 Å². The van der Waals surface area contributed by atoms with E-state index < -0.39 is 0 Å². The van der Waals surface area contributed by atoms with Gasteiger partial charge in [0, 0.05) is 37.3 Å². The molecule has 0 spiro atoms. The summed E-state index contributed by atoms with van der Waals surface area (Å²) in [6.45, 7) is 2.84. The molecule has 0 aromatic carbocycles. The van der Waals surface area contributed by atoms with Crippen LogP contribution in [0.15, 0.2) is 35.0 Å². The molecule has 1 aliphatic heterocycles. The number of aromatic nitrogens is 2. The van der Waals surface area contributed by atoms with Crippen LogP contribution < -0.4 is 5.32 Å². The number of hydrogen-bond acceptors (Lipinski definition) is 5. The van der Waals surface area contributed by atoms with E-state index in [9.17, 15) is 4.79 Å². The number of nitrogens with zero attached hydrogens (tertiary/aromatic N) is 3. The highest BCUT2D eigenvalue weighted by Crippen LogP contribution is 2.27. The minimum atomic E-state index is -0.141. The Bertz CT molecular complexity index is 696. The van der Waals surface area contributed by atoms with Crippen molar-refractivity contribution < 1.29 is 9.32 Å².